The third kappa shape index (κ3) is 3.36. The Kier molecular flexibility index (Phi) is 4.48. The number of hydrogen-bond acceptors (Lipinski definition) is 6. The van der Waals surface area contributed by atoms with Crippen LogP contribution in [-0.2, 0) is 0 Å². The number of fused-ring (bicyclic) bond motifs is 1. The van der Waals surface area contributed by atoms with E-state index in [4.69, 9.17) is 0 Å². The van der Waals surface area contributed by atoms with E-state index in [0.717, 1.165) is 34.0 Å². The number of carbonyl (C=O) groups excluding carboxylic acids is 1. The summed E-state index contributed by atoms with van der Waals surface area (Å²) in [5.41, 5.74) is 5.27. The fraction of sp³-hybridized carbons (Fsp3) is 0.158. The molecule has 2 heterocycles. The molecule has 0 radical (unpaired) electrons. The molecule has 0 atom stereocenters. The van der Waals surface area contributed by atoms with Crippen molar-refractivity contribution in [3.63, 3.8) is 0 Å². The van der Waals surface area contributed by atoms with E-state index in [0.29, 0.717) is 16.6 Å². The lowest BCUT2D eigenvalue weighted by molar-refractivity contribution is 0.102. The van der Waals surface area contributed by atoms with Gasteiger partial charge in [0.1, 0.15) is 11.0 Å². The Morgan fingerprint density at radius 1 is 1.04 bits per heavy atom. The molecule has 0 aliphatic carbocycles. The van der Waals surface area contributed by atoms with Crippen LogP contribution >= 0.6 is 23.1 Å². The molecule has 7 heteroatoms. The molecule has 0 spiro atoms. The van der Waals surface area contributed by atoms with E-state index < -0.39 is 0 Å². The Labute approximate surface area is 159 Å². The van der Waals surface area contributed by atoms with E-state index in [2.05, 4.69) is 57.2 Å². The van der Waals surface area contributed by atoms with E-state index in [1.54, 1.807) is 18.2 Å². The first-order valence-corrected chi connectivity index (χ1v) is 9.80. The number of anilines is 1. The van der Waals surface area contributed by atoms with Gasteiger partial charge in [-0.05, 0) is 29.7 Å². The second kappa shape index (κ2) is 6.93. The summed E-state index contributed by atoms with van der Waals surface area (Å²) in [6.07, 6.45) is 0. The molecule has 2 aromatic heterocycles. The highest BCUT2D eigenvalue weighted by Gasteiger charge is 2.12. The Balaban J connectivity index is 1.51. The fourth-order valence-corrected chi connectivity index (χ4v) is 3.83. The zero-order valence-corrected chi connectivity index (χ0v) is 15.9. The molecule has 1 amide bonds. The van der Waals surface area contributed by atoms with Crippen molar-refractivity contribution in [2.24, 2.45) is 0 Å². The maximum Gasteiger partial charge on any atom is 0.257 e. The molecule has 5 nitrogen and oxygen atoms in total. The highest BCUT2D eigenvalue weighted by Crippen LogP contribution is 2.27. The molecule has 4 rings (SSSR count). The molecule has 0 aliphatic heterocycles. The standard InChI is InChI=1S/C19H16N4OS2/c1-11(2)12-3-5-13(6-4-12)17-10-25-19(20-17)21-18(24)14-7-8-15-16(9-14)23-26-22-15/h3-11H,1-2H3,(H,20,21,24). The van der Waals surface area contributed by atoms with Gasteiger partial charge in [0.2, 0.25) is 0 Å². The van der Waals surface area contributed by atoms with Crippen molar-refractivity contribution in [1.82, 2.24) is 13.7 Å². The van der Waals surface area contributed by atoms with Crippen molar-refractivity contribution < 1.29 is 4.79 Å². The highest BCUT2D eigenvalue weighted by atomic mass is 32.1. The summed E-state index contributed by atoms with van der Waals surface area (Å²) in [5, 5.41) is 5.39. The first-order valence-electron chi connectivity index (χ1n) is 8.19. The summed E-state index contributed by atoms with van der Waals surface area (Å²) >= 11 is 2.55. The average molecular weight is 380 g/mol. The smallest absolute Gasteiger partial charge is 0.257 e. The fourth-order valence-electron chi connectivity index (χ4n) is 2.60. The Morgan fingerprint density at radius 2 is 1.81 bits per heavy atom. The first-order chi connectivity index (χ1) is 12.6. The molecule has 130 valence electrons. The van der Waals surface area contributed by atoms with Crippen LogP contribution in [0, 0.1) is 0 Å². The summed E-state index contributed by atoms with van der Waals surface area (Å²) in [6.45, 7) is 4.34. The second-order valence-electron chi connectivity index (χ2n) is 6.24. The molecule has 0 saturated carbocycles. The third-order valence-corrected chi connectivity index (χ3v) is 5.43. The number of rotatable bonds is 4. The van der Waals surface area contributed by atoms with Crippen LogP contribution in [0.3, 0.4) is 0 Å². The van der Waals surface area contributed by atoms with Gasteiger partial charge >= 0.3 is 0 Å². The van der Waals surface area contributed by atoms with Gasteiger partial charge in [-0.2, -0.15) is 8.75 Å². The maximum atomic E-state index is 12.5. The lowest BCUT2D eigenvalue weighted by Crippen LogP contribution is -2.11. The van der Waals surface area contributed by atoms with E-state index in [9.17, 15) is 4.79 Å². The van der Waals surface area contributed by atoms with Crippen LogP contribution in [0.15, 0.2) is 47.8 Å². The number of carbonyl (C=O) groups is 1. The van der Waals surface area contributed by atoms with Crippen molar-refractivity contribution in [1.29, 1.82) is 0 Å². The van der Waals surface area contributed by atoms with Gasteiger partial charge < -0.3 is 0 Å². The molecule has 0 bridgehead atoms. The Bertz CT molecular complexity index is 1070. The van der Waals surface area contributed by atoms with Crippen LogP contribution < -0.4 is 5.32 Å². The lowest BCUT2D eigenvalue weighted by atomic mass is 10.0. The van der Waals surface area contributed by atoms with E-state index in [1.807, 2.05) is 5.38 Å². The van der Waals surface area contributed by atoms with Gasteiger partial charge in [0, 0.05) is 16.5 Å². The average Bonchev–Trinajstić information content (AvgIpc) is 3.30. The van der Waals surface area contributed by atoms with Crippen LogP contribution in [-0.4, -0.2) is 19.6 Å². The lowest BCUT2D eigenvalue weighted by Gasteiger charge is -2.05. The minimum absolute atomic E-state index is 0.198. The van der Waals surface area contributed by atoms with Crippen LogP contribution in [0.25, 0.3) is 22.3 Å². The van der Waals surface area contributed by atoms with Gasteiger partial charge in [0.15, 0.2) is 5.13 Å². The van der Waals surface area contributed by atoms with Gasteiger partial charge in [-0.15, -0.1) is 11.3 Å². The van der Waals surface area contributed by atoms with Crippen molar-refractivity contribution >= 4 is 45.1 Å². The largest absolute Gasteiger partial charge is 0.298 e. The monoisotopic (exact) mass is 380 g/mol. The normalized spacial score (nSPS) is 11.2. The molecule has 0 saturated heterocycles. The molecular weight excluding hydrogens is 364 g/mol. The van der Waals surface area contributed by atoms with Gasteiger partial charge in [-0.25, -0.2) is 4.98 Å². The predicted octanol–water partition coefficient (Wildman–Crippen LogP) is 5.19. The molecule has 2 aromatic carbocycles. The zero-order valence-electron chi connectivity index (χ0n) is 14.3. The van der Waals surface area contributed by atoms with E-state index >= 15 is 0 Å². The number of benzene rings is 2. The number of aromatic nitrogens is 3. The number of thiazole rings is 1. The van der Waals surface area contributed by atoms with Crippen LogP contribution in [0.5, 0.6) is 0 Å². The van der Waals surface area contributed by atoms with Gasteiger partial charge in [-0.3, -0.25) is 10.1 Å². The predicted molar refractivity (Wildman–Crippen MR) is 107 cm³/mol. The van der Waals surface area contributed by atoms with Crippen LogP contribution in [0.1, 0.15) is 35.7 Å². The van der Waals surface area contributed by atoms with Gasteiger partial charge in [0.05, 0.1) is 17.4 Å². The quantitative estimate of drug-likeness (QED) is 0.529. The minimum atomic E-state index is -0.198. The Hall–Kier alpha value is -2.64. The summed E-state index contributed by atoms with van der Waals surface area (Å²) in [5.74, 6) is 0.301. The molecule has 0 fully saturated rings. The molecule has 26 heavy (non-hydrogen) atoms. The van der Waals surface area contributed by atoms with E-state index in [1.165, 1.54) is 16.9 Å². The van der Waals surface area contributed by atoms with Crippen LogP contribution in [0.4, 0.5) is 5.13 Å². The number of amides is 1. The second-order valence-corrected chi connectivity index (χ2v) is 7.62. The third-order valence-electron chi connectivity index (χ3n) is 4.11. The zero-order chi connectivity index (χ0) is 18.1. The molecular formula is C19H16N4OS2. The van der Waals surface area contributed by atoms with Crippen molar-refractivity contribution in [3.8, 4) is 11.3 Å². The Morgan fingerprint density at radius 3 is 2.58 bits per heavy atom. The summed E-state index contributed by atoms with van der Waals surface area (Å²) in [7, 11) is 0. The molecule has 4 aromatic rings. The SMILES string of the molecule is CC(C)c1ccc(-c2csc(NC(=O)c3ccc4nsnc4c3)n2)cc1. The number of nitrogens with zero attached hydrogens (tertiary/aromatic N) is 3. The number of nitrogens with one attached hydrogen (secondary N) is 1. The maximum absolute atomic E-state index is 12.5. The molecule has 0 aliphatic rings. The van der Waals surface area contributed by atoms with Gasteiger partial charge in [0.25, 0.3) is 5.91 Å². The molecule has 1 N–H and O–H groups in total. The molecule has 0 unspecified atom stereocenters. The summed E-state index contributed by atoms with van der Waals surface area (Å²) in [6, 6.07) is 13.7. The van der Waals surface area contributed by atoms with E-state index in [-0.39, 0.29) is 5.91 Å². The highest BCUT2D eigenvalue weighted by molar-refractivity contribution is 7.14. The van der Waals surface area contributed by atoms with Crippen LogP contribution in [0.2, 0.25) is 0 Å². The first kappa shape index (κ1) is 16.8. The van der Waals surface area contributed by atoms with Gasteiger partial charge in [-0.1, -0.05) is 38.1 Å². The number of hydrogen-bond donors (Lipinski definition) is 1. The topological polar surface area (TPSA) is 67.8 Å². The minimum Gasteiger partial charge on any atom is -0.298 e. The van der Waals surface area contributed by atoms with Crippen molar-refractivity contribution in [3.05, 3.63) is 59.0 Å². The van der Waals surface area contributed by atoms with Crippen molar-refractivity contribution in [2.45, 2.75) is 19.8 Å². The van der Waals surface area contributed by atoms with Crippen molar-refractivity contribution in [2.75, 3.05) is 5.32 Å². The summed E-state index contributed by atoms with van der Waals surface area (Å²) < 4.78 is 8.32. The summed E-state index contributed by atoms with van der Waals surface area (Å²) in [4.78, 5) is 17.0.